The van der Waals surface area contributed by atoms with Gasteiger partial charge in [-0.1, -0.05) is 18.2 Å². The van der Waals surface area contributed by atoms with Crippen molar-refractivity contribution in [3.8, 4) is 5.75 Å². The minimum atomic E-state index is -0.515. The van der Waals surface area contributed by atoms with Gasteiger partial charge in [-0.3, -0.25) is 14.5 Å². The zero-order chi connectivity index (χ0) is 26.2. The largest absolute Gasteiger partial charge is 0.497 e. The maximum Gasteiger partial charge on any atom is 0.249 e. The van der Waals surface area contributed by atoms with Gasteiger partial charge in [-0.2, -0.15) is 0 Å². The summed E-state index contributed by atoms with van der Waals surface area (Å²) in [5.74, 6) is 0.640. The molecule has 1 unspecified atom stereocenters. The van der Waals surface area contributed by atoms with Crippen LogP contribution in [0.5, 0.6) is 5.75 Å². The lowest BCUT2D eigenvalue weighted by atomic mass is 9.90. The molecule has 2 aromatic rings. The molecule has 1 aliphatic heterocycles. The molecule has 2 fully saturated rings. The highest BCUT2D eigenvalue weighted by molar-refractivity contribution is 7.09. The normalized spacial score (nSPS) is 24.2. The number of hydrogen-bond acceptors (Lipinski definition) is 7. The Morgan fingerprint density at radius 2 is 1.84 bits per heavy atom. The van der Waals surface area contributed by atoms with Gasteiger partial charge in [0, 0.05) is 49.7 Å². The Morgan fingerprint density at radius 3 is 2.49 bits per heavy atom. The lowest BCUT2D eigenvalue weighted by Gasteiger charge is -2.43. The first kappa shape index (κ1) is 27.6. The number of thiophene rings is 1. The number of hydrogen-bond donors (Lipinski definition) is 2. The van der Waals surface area contributed by atoms with Crippen molar-refractivity contribution in [3.63, 3.8) is 0 Å². The van der Waals surface area contributed by atoms with Crippen LogP contribution in [0.25, 0.3) is 0 Å². The van der Waals surface area contributed by atoms with Gasteiger partial charge < -0.3 is 25.4 Å². The number of ether oxygens (including phenoxy) is 2. The fraction of sp³-hybridized carbons (Fsp3) is 0.571. The molecule has 3 N–H and O–H groups in total. The second-order valence-corrected chi connectivity index (χ2v) is 11.2. The lowest BCUT2D eigenvalue weighted by Crippen LogP contribution is -2.59. The van der Waals surface area contributed by atoms with Crippen molar-refractivity contribution in [2.75, 3.05) is 27.4 Å². The number of rotatable bonds is 10. The second-order valence-electron chi connectivity index (χ2n) is 10.2. The number of nitrogens with two attached hydrogens (primary N) is 1. The Labute approximate surface area is 224 Å². The molecule has 2 amide bonds. The summed E-state index contributed by atoms with van der Waals surface area (Å²) in [6.45, 7) is 2.07. The summed E-state index contributed by atoms with van der Waals surface area (Å²) in [5.41, 5.74) is 7.25. The number of nitrogens with zero attached hydrogens (tertiary/aromatic N) is 2. The molecule has 0 spiro atoms. The fourth-order valence-electron chi connectivity index (χ4n) is 5.48. The first-order valence-corrected chi connectivity index (χ1v) is 14.1. The SMILES string of the molecule is COCC(=O)N1CCC(N(Cc2ccc(OC)cc2)Cc2cccs2)C[C@@H]1C(=O)NC1CCC(N)CC1. The van der Waals surface area contributed by atoms with Crippen molar-refractivity contribution in [2.24, 2.45) is 5.73 Å². The standard InChI is InChI=1S/C28H40N4O4S/c1-35-19-27(33)32-14-13-23(16-26(32)28(34)30-22-9-7-21(29)8-10-22)31(18-25-4-3-15-37-25)17-20-5-11-24(36-2)12-6-20/h3-6,11-12,15,21-23,26H,7-10,13-14,16-19,29H2,1-2H3,(H,30,34)/t21?,22?,23?,26-/m1/s1. The molecule has 0 bridgehead atoms. The third-order valence-corrected chi connectivity index (χ3v) is 8.45. The van der Waals surface area contributed by atoms with E-state index in [4.69, 9.17) is 15.2 Å². The van der Waals surface area contributed by atoms with Crippen molar-refractivity contribution in [3.05, 3.63) is 52.2 Å². The second kappa shape index (κ2) is 13.4. The van der Waals surface area contributed by atoms with E-state index in [9.17, 15) is 9.59 Å². The average molecular weight is 529 g/mol. The van der Waals surface area contributed by atoms with Gasteiger partial charge in [0.2, 0.25) is 11.8 Å². The van der Waals surface area contributed by atoms with Gasteiger partial charge in [-0.05, 0) is 67.7 Å². The minimum absolute atomic E-state index is 0.0164. The van der Waals surface area contributed by atoms with Crippen molar-refractivity contribution in [1.82, 2.24) is 15.1 Å². The third-order valence-electron chi connectivity index (χ3n) is 7.58. The van der Waals surface area contributed by atoms with Crippen LogP contribution in [-0.2, 0) is 27.4 Å². The molecule has 8 nitrogen and oxygen atoms in total. The molecule has 9 heteroatoms. The van der Waals surface area contributed by atoms with Crippen molar-refractivity contribution >= 4 is 23.2 Å². The number of nitrogens with one attached hydrogen (secondary N) is 1. The fourth-order valence-corrected chi connectivity index (χ4v) is 6.20. The molecule has 1 aromatic carbocycles. The molecule has 1 aromatic heterocycles. The molecule has 0 radical (unpaired) electrons. The van der Waals surface area contributed by atoms with Gasteiger partial charge in [-0.25, -0.2) is 0 Å². The van der Waals surface area contributed by atoms with Crippen LogP contribution in [0.3, 0.4) is 0 Å². The van der Waals surface area contributed by atoms with Crippen LogP contribution in [0, 0.1) is 0 Å². The average Bonchev–Trinajstić information content (AvgIpc) is 3.43. The summed E-state index contributed by atoms with van der Waals surface area (Å²) in [6.07, 6.45) is 5.00. The van der Waals surface area contributed by atoms with Crippen LogP contribution >= 0.6 is 11.3 Å². The van der Waals surface area contributed by atoms with E-state index in [1.165, 1.54) is 17.6 Å². The Hall–Kier alpha value is -2.46. The van der Waals surface area contributed by atoms with Crippen LogP contribution in [-0.4, -0.2) is 73.2 Å². The number of amides is 2. The number of carbonyl (C=O) groups is 2. The van der Waals surface area contributed by atoms with Crippen LogP contribution < -0.4 is 15.8 Å². The van der Waals surface area contributed by atoms with Crippen LogP contribution in [0.15, 0.2) is 41.8 Å². The highest BCUT2D eigenvalue weighted by Gasteiger charge is 2.39. The van der Waals surface area contributed by atoms with Crippen molar-refractivity contribution in [2.45, 2.75) is 75.8 Å². The van der Waals surface area contributed by atoms with Crippen molar-refractivity contribution in [1.29, 1.82) is 0 Å². The number of methoxy groups -OCH3 is 2. The molecule has 202 valence electrons. The molecule has 2 heterocycles. The van der Waals surface area contributed by atoms with E-state index in [1.54, 1.807) is 23.3 Å². The van der Waals surface area contributed by atoms with Crippen LogP contribution in [0.2, 0.25) is 0 Å². The highest BCUT2D eigenvalue weighted by Crippen LogP contribution is 2.28. The Balaban J connectivity index is 1.51. The molecule has 1 aliphatic carbocycles. The number of likely N-dealkylation sites (tertiary alicyclic amines) is 1. The third kappa shape index (κ3) is 7.54. The predicted octanol–water partition coefficient (Wildman–Crippen LogP) is 3.15. The molecule has 2 aliphatic rings. The summed E-state index contributed by atoms with van der Waals surface area (Å²) in [6, 6.07) is 12.4. The topological polar surface area (TPSA) is 97.1 Å². The molecule has 37 heavy (non-hydrogen) atoms. The van der Waals surface area contributed by atoms with E-state index in [0.29, 0.717) is 13.0 Å². The van der Waals surface area contributed by atoms with E-state index in [-0.39, 0.29) is 36.5 Å². The summed E-state index contributed by atoms with van der Waals surface area (Å²) in [5, 5.41) is 5.34. The molecule has 2 atom stereocenters. The zero-order valence-electron chi connectivity index (χ0n) is 21.9. The van der Waals surface area contributed by atoms with Crippen LogP contribution in [0.1, 0.15) is 49.0 Å². The number of carbonyl (C=O) groups excluding carboxylic acids is 2. The van der Waals surface area contributed by atoms with E-state index in [2.05, 4.69) is 39.9 Å². The zero-order valence-corrected chi connectivity index (χ0v) is 22.8. The van der Waals surface area contributed by atoms with E-state index in [1.807, 2.05) is 12.1 Å². The van der Waals surface area contributed by atoms with E-state index < -0.39 is 6.04 Å². The van der Waals surface area contributed by atoms with Gasteiger partial charge in [0.1, 0.15) is 18.4 Å². The summed E-state index contributed by atoms with van der Waals surface area (Å²) in [7, 11) is 3.19. The summed E-state index contributed by atoms with van der Waals surface area (Å²) in [4.78, 5) is 31.9. The first-order valence-electron chi connectivity index (χ1n) is 13.2. The van der Waals surface area contributed by atoms with E-state index >= 15 is 0 Å². The minimum Gasteiger partial charge on any atom is -0.497 e. The molecule has 4 rings (SSSR count). The maximum atomic E-state index is 13.6. The summed E-state index contributed by atoms with van der Waals surface area (Å²) >= 11 is 1.74. The first-order chi connectivity index (χ1) is 18.0. The highest BCUT2D eigenvalue weighted by atomic mass is 32.1. The Morgan fingerprint density at radius 1 is 1.08 bits per heavy atom. The number of piperidine rings is 1. The van der Waals surface area contributed by atoms with Gasteiger partial charge in [0.15, 0.2) is 0 Å². The van der Waals surface area contributed by atoms with Gasteiger partial charge in [0.25, 0.3) is 0 Å². The maximum absolute atomic E-state index is 13.6. The van der Waals surface area contributed by atoms with Gasteiger partial charge >= 0.3 is 0 Å². The van der Waals surface area contributed by atoms with Crippen molar-refractivity contribution < 1.29 is 19.1 Å². The van der Waals surface area contributed by atoms with Gasteiger partial charge in [-0.15, -0.1) is 11.3 Å². The molecule has 1 saturated carbocycles. The van der Waals surface area contributed by atoms with Crippen LogP contribution in [0.4, 0.5) is 0 Å². The lowest BCUT2D eigenvalue weighted by molar-refractivity contribution is -0.147. The monoisotopic (exact) mass is 528 g/mol. The number of benzene rings is 1. The summed E-state index contributed by atoms with van der Waals surface area (Å²) < 4.78 is 10.5. The Bertz CT molecular complexity index is 992. The smallest absolute Gasteiger partial charge is 0.249 e. The molecular formula is C28H40N4O4S. The van der Waals surface area contributed by atoms with E-state index in [0.717, 1.165) is 50.9 Å². The predicted molar refractivity (Wildman–Crippen MR) is 145 cm³/mol. The van der Waals surface area contributed by atoms with Gasteiger partial charge in [0.05, 0.1) is 7.11 Å². The Kier molecular flexibility index (Phi) is 9.96. The molecule has 1 saturated heterocycles. The quantitative estimate of drug-likeness (QED) is 0.492. The molecular weight excluding hydrogens is 488 g/mol.